The fraction of sp³-hybridized carbons (Fsp3) is 0.455. The summed E-state index contributed by atoms with van der Waals surface area (Å²) in [4.78, 5) is 10.0. The van der Waals surface area contributed by atoms with E-state index in [1.807, 2.05) is 0 Å². The minimum atomic E-state index is -3.76. The van der Waals surface area contributed by atoms with Gasteiger partial charge >= 0.3 is 5.69 Å². The molecule has 1 unspecified atom stereocenters. The Morgan fingerprint density at radius 2 is 2.05 bits per heavy atom. The number of nitrogens with zero attached hydrogens (tertiary/aromatic N) is 1. The van der Waals surface area contributed by atoms with Crippen molar-refractivity contribution >= 4 is 31.0 Å². The Labute approximate surface area is 122 Å². The zero-order valence-electron chi connectivity index (χ0n) is 11.1. The second-order valence-electron chi connectivity index (χ2n) is 4.93. The number of para-hydroxylation sites is 1. The molecule has 1 fully saturated rings. The highest BCUT2D eigenvalue weighted by Crippen LogP contribution is 2.33. The van der Waals surface area contributed by atoms with E-state index in [1.54, 1.807) is 0 Å². The first kappa shape index (κ1) is 15.7. The van der Waals surface area contributed by atoms with Gasteiger partial charge in [0.05, 0.1) is 16.4 Å². The van der Waals surface area contributed by atoms with Crippen LogP contribution in [0.2, 0.25) is 0 Å². The second-order valence-corrected chi connectivity index (χ2v) is 9.14. The molecule has 0 bridgehead atoms. The first-order valence-electron chi connectivity index (χ1n) is 6.04. The molecule has 0 spiro atoms. The molecular weight excluding hydrogens is 320 g/mol. The molecular formula is C11H14N2O6S2. The molecule has 0 aromatic heterocycles. The zero-order chi connectivity index (χ0) is 15.8. The summed E-state index contributed by atoms with van der Waals surface area (Å²) in [5.74, 6) is -0.0997. The number of nitro benzene ring substituents is 1. The van der Waals surface area contributed by atoms with Crippen molar-refractivity contribution in [3.63, 3.8) is 0 Å². The molecule has 1 aromatic carbocycles. The Balaban J connectivity index is 2.43. The SMILES string of the molecule is CS(=O)(=O)c1cccc(NC2CCS(=O)(=O)C2)c1[N+](=O)[O-]. The monoisotopic (exact) mass is 334 g/mol. The van der Waals surface area contributed by atoms with Crippen LogP contribution in [0, 0.1) is 10.1 Å². The number of nitrogens with one attached hydrogen (secondary N) is 1. The number of sulfone groups is 2. The molecule has 0 saturated carbocycles. The van der Waals surface area contributed by atoms with Gasteiger partial charge in [-0.05, 0) is 18.6 Å². The summed E-state index contributed by atoms with van der Waals surface area (Å²) in [6.45, 7) is 0. The van der Waals surface area contributed by atoms with Gasteiger partial charge in [0.2, 0.25) is 0 Å². The predicted molar refractivity (Wildman–Crippen MR) is 76.9 cm³/mol. The molecule has 1 atom stereocenters. The number of hydrogen-bond donors (Lipinski definition) is 1. The Kier molecular flexibility index (Phi) is 3.93. The minimum Gasteiger partial charge on any atom is -0.376 e. The molecule has 1 heterocycles. The van der Waals surface area contributed by atoms with Gasteiger partial charge in [-0.15, -0.1) is 0 Å². The highest BCUT2D eigenvalue weighted by atomic mass is 32.2. The molecule has 0 amide bonds. The number of benzene rings is 1. The predicted octanol–water partition coefficient (Wildman–Crippen LogP) is 0.597. The second kappa shape index (κ2) is 5.26. The number of hydrogen-bond acceptors (Lipinski definition) is 7. The third-order valence-electron chi connectivity index (χ3n) is 3.17. The highest BCUT2D eigenvalue weighted by molar-refractivity contribution is 7.91. The quantitative estimate of drug-likeness (QED) is 0.631. The van der Waals surface area contributed by atoms with Crippen LogP contribution in [0.3, 0.4) is 0 Å². The van der Waals surface area contributed by atoms with E-state index in [2.05, 4.69) is 5.32 Å². The van der Waals surface area contributed by atoms with E-state index in [4.69, 9.17) is 0 Å². The van der Waals surface area contributed by atoms with Crippen molar-refractivity contribution in [1.82, 2.24) is 0 Å². The maximum atomic E-state index is 11.6. The van der Waals surface area contributed by atoms with Crippen LogP contribution in [-0.2, 0) is 19.7 Å². The Morgan fingerprint density at radius 1 is 1.38 bits per heavy atom. The molecule has 0 radical (unpaired) electrons. The van der Waals surface area contributed by atoms with E-state index in [-0.39, 0.29) is 17.2 Å². The molecule has 1 saturated heterocycles. The van der Waals surface area contributed by atoms with E-state index in [0.717, 1.165) is 12.3 Å². The van der Waals surface area contributed by atoms with Crippen LogP contribution in [0.1, 0.15) is 6.42 Å². The fourth-order valence-corrected chi connectivity index (χ4v) is 4.79. The molecule has 21 heavy (non-hydrogen) atoms. The van der Waals surface area contributed by atoms with Gasteiger partial charge in [0.15, 0.2) is 19.7 Å². The van der Waals surface area contributed by atoms with Crippen LogP contribution >= 0.6 is 0 Å². The van der Waals surface area contributed by atoms with Gasteiger partial charge in [-0.25, -0.2) is 16.8 Å². The smallest absolute Gasteiger partial charge is 0.310 e. The summed E-state index contributed by atoms with van der Waals surface area (Å²) in [5, 5.41) is 13.9. The number of rotatable bonds is 4. The molecule has 2 rings (SSSR count). The van der Waals surface area contributed by atoms with Gasteiger partial charge in [0.25, 0.3) is 0 Å². The normalized spacial score (nSPS) is 21.1. The Hall–Kier alpha value is -1.68. The Morgan fingerprint density at radius 3 is 2.52 bits per heavy atom. The topological polar surface area (TPSA) is 123 Å². The average Bonchev–Trinajstić information content (AvgIpc) is 2.67. The van der Waals surface area contributed by atoms with Crippen molar-refractivity contribution in [2.45, 2.75) is 17.4 Å². The summed E-state index contributed by atoms with van der Waals surface area (Å²) >= 11 is 0. The number of anilines is 1. The van der Waals surface area contributed by atoms with Crippen molar-refractivity contribution < 1.29 is 21.8 Å². The highest BCUT2D eigenvalue weighted by Gasteiger charge is 2.31. The molecule has 116 valence electrons. The summed E-state index contributed by atoms with van der Waals surface area (Å²) in [5.41, 5.74) is -0.533. The van der Waals surface area contributed by atoms with E-state index >= 15 is 0 Å². The standard InChI is InChI=1S/C11H14N2O6S2/c1-20(16,17)10-4-2-3-9(11(10)13(14)15)12-8-5-6-21(18,19)7-8/h2-4,8,12H,5-7H2,1H3. The summed E-state index contributed by atoms with van der Waals surface area (Å²) in [6.07, 6.45) is 1.22. The maximum absolute atomic E-state index is 11.6. The van der Waals surface area contributed by atoms with Crippen molar-refractivity contribution in [3.8, 4) is 0 Å². The zero-order valence-corrected chi connectivity index (χ0v) is 12.8. The van der Waals surface area contributed by atoms with E-state index in [0.29, 0.717) is 6.42 Å². The van der Waals surface area contributed by atoms with Crippen LogP contribution in [0.25, 0.3) is 0 Å². The van der Waals surface area contributed by atoms with Crippen molar-refractivity contribution in [3.05, 3.63) is 28.3 Å². The summed E-state index contributed by atoms with van der Waals surface area (Å²) in [7, 11) is -6.90. The van der Waals surface area contributed by atoms with Crippen LogP contribution in [0.5, 0.6) is 0 Å². The van der Waals surface area contributed by atoms with Gasteiger partial charge in [-0.3, -0.25) is 10.1 Å². The first-order valence-corrected chi connectivity index (χ1v) is 9.76. The molecule has 1 aliphatic heterocycles. The van der Waals surface area contributed by atoms with Gasteiger partial charge in [-0.2, -0.15) is 0 Å². The van der Waals surface area contributed by atoms with Crippen LogP contribution in [0.15, 0.2) is 23.1 Å². The van der Waals surface area contributed by atoms with Crippen molar-refractivity contribution in [2.75, 3.05) is 23.1 Å². The minimum absolute atomic E-state index is 0.0181. The third kappa shape index (κ3) is 3.50. The molecule has 0 aliphatic carbocycles. The summed E-state index contributed by atoms with van der Waals surface area (Å²) < 4.78 is 46.1. The van der Waals surface area contributed by atoms with E-state index in [9.17, 15) is 26.9 Å². The van der Waals surface area contributed by atoms with Crippen molar-refractivity contribution in [2.24, 2.45) is 0 Å². The molecule has 1 aliphatic rings. The first-order chi connectivity index (χ1) is 9.60. The van der Waals surface area contributed by atoms with Crippen LogP contribution < -0.4 is 5.32 Å². The molecule has 10 heteroatoms. The molecule has 8 nitrogen and oxygen atoms in total. The lowest BCUT2D eigenvalue weighted by Crippen LogP contribution is -2.21. The van der Waals surface area contributed by atoms with Crippen molar-refractivity contribution in [1.29, 1.82) is 0 Å². The lowest BCUT2D eigenvalue weighted by atomic mass is 10.2. The van der Waals surface area contributed by atoms with Crippen LogP contribution in [0.4, 0.5) is 11.4 Å². The van der Waals surface area contributed by atoms with Gasteiger partial charge in [0, 0.05) is 12.3 Å². The van der Waals surface area contributed by atoms with Gasteiger partial charge < -0.3 is 5.32 Å². The van der Waals surface area contributed by atoms with E-state index in [1.165, 1.54) is 12.1 Å². The summed E-state index contributed by atoms with van der Waals surface area (Å²) in [6, 6.07) is 3.46. The Bertz CT molecular complexity index is 785. The average molecular weight is 334 g/mol. The molecule has 1 N–H and O–H groups in total. The lowest BCUT2D eigenvalue weighted by Gasteiger charge is -2.13. The maximum Gasteiger partial charge on any atom is 0.310 e. The van der Waals surface area contributed by atoms with Crippen LogP contribution in [-0.4, -0.2) is 45.6 Å². The van der Waals surface area contributed by atoms with Gasteiger partial charge in [-0.1, -0.05) is 6.07 Å². The lowest BCUT2D eigenvalue weighted by molar-refractivity contribution is -0.386. The van der Waals surface area contributed by atoms with E-state index < -0.39 is 41.2 Å². The van der Waals surface area contributed by atoms with Gasteiger partial charge in [0.1, 0.15) is 10.6 Å². The largest absolute Gasteiger partial charge is 0.376 e. The third-order valence-corrected chi connectivity index (χ3v) is 6.07. The molecule has 1 aromatic rings. The number of nitro groups is 1. The fourth-order valence-electron chi connectivity index (χ4n) is 2.26.